The van der Waals surface area contributed by atoms with Crippen LogP contribution in [0.15, 0.2) is 24.3 Å². The lowest BCUT2D eigenvalue weighted by Crippen LogP contribution is -2.61. The number of phosphoric acid groups is 1. The number of carbonyl (C=O) groups is 11. The van der Waals surface area contributed by atoms with Gasteiger partial charge in [0.1, 0.15) is 48.3 Å². The molecule has 0 heterocycles. The summed E-state index contributed by atoms with van der Waals surface area (Å²) in [5.74, 6) is -13.6. The number of phosphoric ester groups is 1. The standard InChI is InChI=1S/C42H65N8O19P/c1-20(2)13-24(18-51)44-38(61)30(17-34(57)58)47-39(62)28(14-21(3)4)48-42(65)35(22(5)6)50-37(60)27(11-12-32(53)54)45-40(63)29(15-23-7-9-25(52)10-8-23)46-41(64)31(19-69-70(66,67)68)49-36(59)26(43)16-33(55)56/h7-10,18,20-22,24,26-31,35,52H,11-17,19,43H2,1-6H3,(H,44,61)(H,45,63)(H,46,64)(H,47,62)(H,48,65)(H,49,59)(H,50,60)(H,53,54)(H,55,56)(H,57,58)(H2,66,67,68)/t24-,26-,27-,28-,29-,30-,31-,35-/m0/s1. The molecule has 0 bridgehead atoms. The highest BCUT2D eigenvalue weighted by atomic mass is 31.2. The molecular weight excluding hydrogens is 951 g/mol. The third kappa shape index (κ3) is 24.1. The van der Waals surface area contributed by atoms with Crippen LogP contribution in [0.5, 0.6) is 5.75 Å². The molecule has 1 aromatic rings. The van der Waals surface area contributed by atoms with Gasteiger partial charge >= 0.3 is 25.7 Å². The second kappa shape index (κ2) is 29.5. The van der Waals surface area contributed by atoms with Crippen LogP contribution in [0.25, 0.3) is 0 Å². The lowest BCUT2D eigenvalue weighted by molar-refractivity contribution is -0.141. The molecule has 0 saturated carbocycles. The van der Waals surface area contributed by atoms with Gasteiger partial charge in [0.2, 0.25) is 41.4 Å². The van der Waals surface area contributed by atoms with Crippen LogP contribution in [0.2, 0.25) is 0 Å². The van der Waals surface area contributed by atoms with Crippen molar-refractivity contribution in [1.82, 2.24) is 37.2 Å². The molecule has 8 atom stereocenters. The zero-order chi connectivity index (χ0) is 53.6. The van der Waals surface area contributed by atoms with Gasteiger partial charge in [-0.1, -0.05) is 53.7 Å². The molecule has 0 aromatic heterocycles. The van der Waals surface area contributed by atoms with Crippen LogP contribution < -0.4 is 43.0 Å². The van der Waals surface area contributed by atoms with E-state index in [2.05, 4.69) is 36.4 Å². The zero-order valence-electron chi connectivity index (χ0n) is 39.4. The van der Waals surface area contributed by atoms with E-state index in [4.69, 9.17) is 10.8 Å². The maximum atomic E-state index is 14.1. The molecule has 0 aliphatic heterocycles. The van der Waals surface area contributed by atoms with E-state index in [0.29, 0.717) is 6.29 Å². The molecule has 15 N–H and O–H groups in total. The van der Waals surface area contributed by atoms with Gasteiger partial charge in [0.25, 0.3) is 0 Å². The molecule has 0 spiro atoms. The van der Waals surface area contributed by atoms with Gasteiger partial charge in [-0.25, -0.2) is 4.57 Å². The average Bonchev–Trinajstić information content (AvgIpc) is 3.23. The lowest BCUT2D eigenvalue weighted by atomic mass is 9.98. The van der Waals surface area contributed by atoms with E-state index in [1.54, 1.807) is 27.7 Å². The molecule has 0 radical (unpaired) electrons. The summed E-state index contributed by atoms with van der Waals surface area (Å²) in [6.45, 7) is 8.68. The molecule has 0 fully saturated rings. The molecule has 27 nitrogen and oxygen atoms in total. The number of hydrogen-bond donors (Lipinski definition) is 14. The van der Waals surface area contributed by atoms with E-state index in [1.165, 1.54) is 38.1 Å². The minimum Gasteiger partial charge on any atom is -0.508 e. The highest BCUT2D eigenvalue weighted by Crippen LogP contribution is 2.35. The van der Waals surface area contributed by atoms with E-state index < -0.39 is 160 Å². The van der Waals surface area contributed by atoms with Gasteiger partial charge in [0, 0.05) is 12.8 Å². The predicted octanol–water partition coefficient (Wildman–Crippen LogP) is -2.47. The second-order valence-electron chi connectivity index (χ2n) is 17.4. The molecule has 392 valence electrons. The van der Waals surface area contributed by atoms with Crippen molar-refractivity contribution in [2.24, 2.45) is 23.5 Å². The number of phenols is 1. The van der Waals surface area contributed by atoms with Crippen LogP contribution in [0.3, 0.4) is 0 Å². The van der Waals surface area contributed by atoms with Gasteiger partial charge in [-0.3, -0.25) is 52.5 Å². The van der Waals surface area contributed by atoms with E-state index in [-0.39, 0.29) is 36.0 Å². The third-order valence-electron chi connectivity index (χ3n) is 9.88. The molecule has 0 aliphatic rings. The number of carboxylic acid groups (broad SMARTS) is 3. The Hall–Kier alpha value is -6.54. The van der Waals surface area contributed by atoms with Crippen LogP contribution in [0.1, 0.15) is 85.6 Å². The van der Waals surface area contributed by atoms with E-state index in [1.807, 2.05) is 5.32 Å². The van der Waals surface area contributed by atoms with Crippen molar-refractivity contribution in [3.8, 4) is 5.75 Å². The normalized spacial score (nSPS) is 14.9. The number of carboxylic acids is 3. The highest BCUT2D eigenvalue weighted by Gasteiger charge is 2.36. The summed E-state index contributed by atoms with van der Waals surface area (Å²) in [6, 6.07) is -7.92. The topological polar surface area (TPSA) is 446 Å². The maximum Gasteiger partial charge on any atom is 0.469 e. The highest BCUT2D eigenvalue weighted by molar-refractivity contribution is 7.46. The minimum atomic E-state index is -5.32. The third-order valence-corrected chi connectivity index (χ3v) is 10.4. The summed E-state index contributed by atoms with van der Waals surface area (Å²) in [5, 5.41) is 54.1. The smallest absolute Gasteiger partial charge is 0.469 e. The Labute approximate surface area is 402 Å². The number of amides is 7. The first-order chi connectivity index (χ1) is 32.4. The molecule has 0 unspecified atom stereocenters. The van der Waals surface area contributed by atoms with Crippen molar-refractivity contribution in [2.45, 2.75) is 135 Å². The van der Waals surface area contributed by atoms with Gasteiger partial charge in [0.15, 0.2) is 0 Å². The first-order valence-corrected chi connectivity index (χ1v) is 23.4. The van der Waals surface area contributed by atoms with Crippen LogP contribution in [0, 0.1) is 17.8 Å². The number of aldehydes is 1. The number of rotatable bonds is 32. The fourth-order valence-corrected chi connectivity index (χ4v) is 6.76. The Balaban J connectivity index is 3.57. The van der Waals surface area contributed by atoms with Crippen molar-refractivity contribution in [3.05, 3.63) is 29.8 Å². The summed E-state index contributed by atoms with van der Waals surface area (Å²) in [7, 11) is -5.32. The SMILES string of the molecule is CC(C)C[C@@H](C=O)NC(=O)[C@H](CC(=O)O)NC(=O)[C@H](CC(C)C)NC(=O)[C@@H](NC(=O)[C@H](CCC(=O)O)NC(=O)[C@H](Cc1ccc(O)cc1)NC(=O)[C@H](COP(=O)(O)O)NC(=O)[C@@H](N)CC(=O)O)C(C)C. The first-order valence-electron chi connectivity index (χ1n) is 21.9. The Kier molecular flexibility index (Phi) is 25.9. The maximum absolute atomic E-state index is 14.1. The minimum absolute atomic E-state index is 0.0405. The Morgan fingerprint density at radius 2 is 1.07 bits per heavy atom. The number of phenolic OH excluding ortho intramolecular Hbond substituents is 1. The van der Waals surface area contributed by atoms with E-state index in [0.717, 1.165) is 0 Å². The van der Waals surface area contributed by atoms with Crippen LogP contribution in [-0.2, 0) is 68.2 Å². The van der Waals surface area contributed by atoms with E-state index in [9.17, 15) is 82.4 Å². The van der Waals surface area contributed by atoms with Crippen molar-refractivity contribution >= 4 is 73.4 Å². The summed E-state index contributed by atoms with van der Waals surface area (Å²) < 4.78 is 15.9. The fraction of sp³-hybridized carbons (Fsp3) is 0.595. The second-order valence-corrected chi connectivity index (χ2v) is 18.7. The van der Waals surface area contributed by atoms with Crippen LogP contribution in [-0.4, -0.2) is 151 Å². The van der Waals surface area contributed by atoms with E-state index >= 15 is 0 Å². The number of hydrogen-bond acceptors (Lipinski definition) is 15. The summed E-state index contributed by atoms with van der Waals surface area (Å²) >= 11 is 0. The fourth-order valence-electron chi connectivity index (χ4n) is 6.42. The van der Waals surface area contributed by atoms with Gasteiger partial charge < -0.3 is 78.0 Å². The number of nitrogens with two attached hydrogens (primary N) is 1. The number of benzene rings is 1. The molecular formula is C42H65N8O19P. The molecule has 0 aliphatic carbocycles. The van der Waals surface area contributed by atoms with Crippen molar-refractivity contribution in [2.75, 3.05) is 6.61 Å². The summed E-state index contributed by atoms with van der Waals surface area (Å²) in [5.41, 5.74) is 5.83. The molecule has 70 heavy (non-hydrogen) atoms. The predicted molar refractivity (Wildman–Crippen MR) is 242 cm³/mol. The van der Waals surface area contributed by atoms with Crippen molar-refractivity contribution in [3.63, 3.8) is 0 Å². The number of nitrogens with one attached hydrogen (secondary N) is 7. The molecule has 0 saturated heterocycles. The largest absolute Gasteiger partial charge is 0.508 e. The number of aliphatic carboxylic acids is 3. The van der Waals surface area contributed by atoms with Crippen LogP contribution >= 0.6 is 7.82 Å². The lowest BCUT2D eigenvalue weighted by Gasteiger charge is -2.29. The number of aromatic hydroxyl groups is 1. The van der Waals surface area contributed by atoms with Gasteiger partial charge in [0.05, 0.1) is 31.5 Å². The molecule has 1 rings (SSSR count). The quantitative estimate of drug-likeness (QED) is 0.0263. The molecule has 1 aromatic carbocycles. The van der Waals surface area contributed by atoms with Crippen LogP contribution in [0.4, 0.5) is 0 Å². The van der Waals surface area contributed by atoms with Crippen molar-refractivity contribution in [1.29, 1.82) is 0 Å². The monoisotopic (exact) mass is 1020 g/mol. The number of carbonyl (C=O) groups excluding carboxylic acids is 8. The van der Waals surface area contributed by atoms with Gasteiger partial charge in [-0.05, 0) is 54.7 Å². The zero-order valence-corrected chi connectivity index (χ0v) is 40.3. The summed E-state index contributed by atoms with van der Waals surface area (Å²) in [6.07, 6.45) is -3.04. The Bertz CT molecular complexity index is 2070. The Morgan fingerprint density at radius 3 is 1.57 bits per heavy atom. The first kappa shape index (κ1) is 61.5. The molecule has 28 heteroatoms. The molecule has 7 amide bonds. The Morgan fingerprint density at radius 1 is 0.600 bits per heavy atom. The van der Waals surface area contributed by atoms with Gasteiger partial charge in [-0.2, -0.15) is 0 Å². The van der Waals surface area contributed by atoms with Gasteiger partial charge in [-0.15, -0.1) is 0 Å². The summed E-state index contributed by atoms with van der Waals surface area (Å²) in [4.78, 5) is 160. The average molecular weight is 1020 g/mol. The van der Waals surface area contributed by atoms with Crippen molar-refractivity contribution < 1.29 is 92.0 Å².